The van der Waals surface area contributed by atoms with Crippen molar-refractivity contribution in [2.24, 2.45) is 0 Å². The third kappa shape index (κ3) is 2.72. The lowest BCUT2D eigenvalue weighted by Gasteiger charge is -2.16. The second-order valence-corrected chi connectivity index (χ2v) is 5.86. The lowest BCUT2D eigenvalue weighted by molar-refractivity contribution is 0.0990. The molecule has 0 fully saturated rings. The van der Waals surface area contributed by atoms with E-state index >= 15 is 0 Å². The molecule has 3 aromatic carbocycles. The van der Waals surface area contributed by atoms with Crippen molar-refractivity contribution < 1.29 is 4.79 Å². The van der Waals surface area contributed by atoms with Crippen molar-refractivity contribution in [1.29, 1.82) is 0 Å². The van der Waals surface area contributed by atoms with E-state index < -0.39 is 0 Å². The van der Waals surface area contributed by atoms with Gasteiger partial charge in [-0.3, -0.25) is 4.79 Å². The fourth-order valence-electron chi connectivity index (χ4n) is 2.61. The van der Waals surface area contributed by atoms with Crippen molar-refractivity contribution in [3.8, 4) is 0 Å². The number of ketones is 1. The molecule has 0 amide bonds. The Morgan fingerprint density at radius 3 is 2.29 bits per heavy atom. The van der Waals surface area contributed by atoms with Crippen LogP contribution in [0.2, 0.25) is 0 Å². The summed E-state index contributed by atoms with van der Waals surface area (Å²) in [4.78, 5) is 12.8. The van der Waals surface area contributed by atoms with Crippen LogP contribution in [0.4, 0.5) is 0 Å². The number of fused-ring (bicyclic) bond motifs is 1. The molecule has 3 aromatic rings. The number of rotatable bonds is 4. The van der Waals surface area contributed by atoms with Gasteiger partial charge in [-0.1, -0.05) is 72.8 Å². The standard InChI is InChI=1S/C19H16OS/c1-21-19(18(20)15-9-3-2-4-10-15)17-13-7-11-14-8-5-6-12-16(14)17/h2-13,19H,1H3. The van der Waals surface area contributed by atoms with E-state index in [1.54, 1.807) is 11.8 Å². The summed E-state index contributed by atoms with van der Waals surface area (Å²) in [6.45, 7) is 0. The molecule has 0 aliphatic carbocycles. The zero-order valence-electron chi connectivity index (χ0n) is 11.8. The van der Waals surface area contributed by atoms with Gasteiger partial charge in [0.1, 0.15) is 0 Å². The Balaban J connectivity index is 2.09. The molecule has 0 aliphatic heterocycles. The van der Waals surface area contributed by atoms with Gasteiger partial charge in [-0.05, 0) is 22.6 Å². The third-order valence-corrected chi connectivity index (χ3v) is 4.58. The number of Topliss-reactive ketones (excluding diaryl/α,β-unsaturated/α-hetero) is 1. The summed E-state index contributed by atoms with van der Waals surface area (Å²) in [6.07, 6.45) is 1.99. The minimum Gasteiger partial charge on any atom is -0.293 e. The summed E-state index contributed by atoms with van der Waals surface area (Å²) in [6, 6.07) is 23.9. The summed E-state index contributed by atoms with van der Waals surface area (Å²) in [5, 5.41) is 2.16. The van der Waals surface area contributed by atoms with Gasteiger partial charge in [-0.2, -0.15) is 0 Å². The highest BCUT2D eigenvalue weighted by Gasteiger charge is 2.22. The Labute approximate surface area is 129 Å². The Bertz CT molecular complexity index is 759. The highest BCUT2D eigenvalue weighted by molar-refractivity contribution is 7.99. The SMILES string of the molecule is CSC(C(=O)c1ccccc1)c1cccc2ccccc12. The van der Waals surface area contributed by atoms with Crippen molar-refractivity contribution in [1.82, 2.24) is 0 Å². The maximum absolute atomic E-state index is 12.8. The van der Waals surface area contributed by atoms with Crippen molar-refractivity contribution in [2.75, 3.05) is 6.26 Å². The minimum atomic E-state index is -0.168. The molecule has 0 aromatic heterocycles. The first-order valence-electron chi connectivity index (χ1n) is 6.91. The van der Waals surface area contributed by atoms with Gasteiger partial charge in [0.2, 0.25) is 0 Å². The molecule has 1 atom stereocenters. The molecule has 0 spiro atoms. The average molecular weight is 292 g/mol. The van der Waals surface area contributed by atoms with Gasteiger partial charge in [0.05, 0.1) is 5.25 Å². The Morgan fingerprint density at radius 1 is 0.857 bits per heavy atom. The molecule has 21 heavy (non-hydrogen) atoms. The fraction of sp³-hybridized carbons (Fsp3) is 0.105. The highest BCUT2D eigenvalue weighted by atomic mass is 32.2. The van der Waals surface area contributed by atoms with Gasteiger partial charge in [0.15, 0.2) is 5.78 Å². The molecule has 0 bridgehead atoms. The van der Waals surface area contributed by atoms with E-state index in [1.807, 2.05) is 54.8 Å². The molecule has 0 N–H and O–H groups in total. The van der Waals surface area contributed by atoms with Gasteiger partial charge in [0.25, 0.3) is 0 Å². The van der Waals surface area contributed by atoms with Crippen molar-refractivity contribution >= 4 is 28.3 Å². The van der Waals surface area contributed by atoms with Crippen molar-refractivity contribution in [3.05, 3.63) is 83.9 Å². The number of hydrogen-bond donors (Lipinski definition) is 0. The van der Waals surface area contributed by atoms with E-state index in [-0.39, 0.29) is 11.0 Å². The van der Waals surface area contributed by atoms with Crippen LogP contribution in [-0.4, -0.2) is 12.0 Å². The molecule has 3 rings (SSSR count). The van der Waals surface area contributed by atoms with Crippen molar-refractivity contribution in [2.45, 2.75) is 5.25 Å². The zero-order chi connectivity index (χ0) is 14.7. The number of carbonyl (C=O) groups is 1. The molecule has 1 unspecified atom stereocenters. The molecule has 2 heteroatoms. The van der Waals surface area contributed by atoms with Crippen LogP contribution < -0.4 is 0 Å². The van der Waals surface area contributed by atoms with Crippen LogP contribution in [0.15, 0.2) is 72.8 Å². The molecule has 0 saturated carbocycles. The van der Waals surface area contributed by atoms with Crippen LogP contribution >= 0.6 is 11.8 Å². The molecule has 0 saturated heterocycles. The first-order valence-corrected chi connectivity index (χ1v) is 8.20. The molecular weight excluding hydrogens is 276 g/mol. The molecule has 0 heterocycles. The Kier molecular flexibility index (Phi) is 4.07. The van der Waals surface area contributed by atoms with Crippen LogP contribution in [0, 0.1) is 0 Å². The van der Waals surface area contributed by atoms with Gasteiger partial charge >= 0.3 is 0 Å². The maximum atomic E-state index is 12.8. The molecule has 0 aliphatic rings. The maximum Gasteiger partial charge on any atom is 0.180 e. The molecule has 104 valence electrons. The number of benzene rings is 3. The van der Waals surface area contributed by atoms with Crippen molar-refractivity contribution in [3.63, 3.8) is 0 Å². The topological polar surface area (TPSA) is 17.1 Å². The average Bonchev–Trinajstić information content (AvgIpc) is 2.56. The smallest absolute Gasteiger partial charge is 0.180 e. The monoisotopic (exact) mass is 292 g/mol. The van der Waals surface area contributed by atoms with E-state index in [0.29, 0.717) is 0 Å². The first kappa shape index (κ1) is 13.9. The van der Waals surface area contributed by atoms with E-state index in [2.05, 4.69) is 24.3 Å². The lowest BCUT2D eigenvalue weighted by Crippen LogP contribution is -2.10. The van der Waals surface area contributed by atoms with E-state index in [4.69, 9.17) is 0 Å². The Morgan fingerprint density at radius 2 is 1.52 bits per heavy atom. The number of hydrogen-bond acceptors (Lipinski definition) is 2. The number of thioether (sulfide) groups is 1. The van der Waals surface area contributed by atoms with Crippen LogP contribution in [0.1, 0.15) is 21.2 Å². The van der Waals surface area contributed by atoms with E-state index in [1.165, 1.54) is 5.39 Å². The lowest BCUT2D eigenvalue weighted by atomic mass is 9.97. The summed E-state index contributed by atoms with van der Waals surface area (Å²) in [7, 11) is 0. The predicted molar refractivity (Wildman–Crippen MR) is 91.0 cm³/mol. The Hall–Kier alpha value is -2.06. The van der Waals surface area contributed by atoms with Gasteiger partial charge in [0, 0.05) is 5.56 Å². The minimum absolute atomic E-state index is 0.166. The largest absolute Gasteiger partial charge is 0.293 e. The van der Waals surface area contributed by atoms with Gasteiger partial charge < -0.3 is 0 Å². The van der Waals surface area contributed by atoms with Gasteiger partial charge in [-0.15, -0.1) is 11.8 Å². The summed E-state index contributed by atoms with van der Waals surface area (Å²) in [5.41, 5.74) is 1.86. The molecule has 0 radical (unpaired) electrons. The first-order chi connectivity index (χ1) is 10.3. The predicted octanol–water partition coefficient (Wildman–Crippen LogP) is 5.13. The fourth-order valence-corrected chi connectivity index (χ4v) is 3.42. The summed E-state index contributed by atoms with van der Waals surface area (Å²) < 4.78 is 0. The second kappa shape index (κ2) is 6.15. The highest BCUT2D eigenvalue weighted by Crippen LogP contribution is 2.34. The third-order valence-electron chi connectivity index (χ3n) is 3.64. The second-order valence-electron chi connectivity index (χ2n) is 4.91. The van der Waals surface area contributed by atoms with E-state index in [9.17, 15) is 4.79 Å². The normalized spacial score (nSPS) is 12.2. The van der Waals surface area contributed by atoms with Gasteiger partial charge in [-0.25, -0.2) is 0 Å². The summed E-state index contributed by atoms with van der Waals surface area (Å²) >= 11 is 1.59. The molecular formula is C19H16OS. The number of carbonyl (C=O) groups excluding carboxylic acids is 1. The summed E-state index contributed by atoms with van der Waals surface area (Å²) in [5.74, 6) is 0.166. The van der Waals surface area contributed by atoms with Crippen LogP contribution in [0.3, 0.4) is 0 Å². The van der Waals surface area contributed by atoms with E-state index in [0.717, 1.165) is 16.5 Å². The van der Waals surface area contributed by atoms with Crippen LogP contribution in [0.5, 0.6) is 0 Å². The molecule has 1 nitrogen and oxygen atoms in total. The zero-order valence-corrected chi connectivity index (χ0v) is 12.6. The quantitative estimate of drug-likeness (QED) is 0.620. The van der Waals surface area contributed by atoms with Crippen LogP contribution in [0.25, 0.3) is 10.8 Å². The van der Waals surface area contributed by atoms with Crippen LogP contribution in [-0.2, 0) is 0 Å².